The van der Waals surface area contributed by atoms with Gasteiger partial charge in [0.1, 0.15) is 0 Å². The molecule has 0 aromatic rings. The Hall–Kier alpha value is 1.20. The van der Waals surface area contributed by atoms with E-state index in [9.17, 15) is 0 Å². The third-order valence-corrected chi connectivity index (χ3v) is 0. The molecule has 0 fully saturated rings. The van der Waals surface area contributed by atoms with Gasteiger partial charge in [0.25, 0.3) is 0 Å². The predicted octanol–water partition coefficient (Wildman–Crippen LogP) is -2.05. The molecule has 0 rings (SSSR count). The van der Waals surface area contributed by atoms with E-state index in [4.69, 9.17) is 15.1 Å². The van der Waals surface area contributed by atoms with Crippen molar-refractivity contribution in [2.75, 3.05) is 0 Å². The fraction of sp³-hybridized carbons (Fsp3) is 0. The van der Waals surface area contributed by atoms with Gasteiger partial charge in [-0.1, -0.05) is 0 Å². The average molecular weight is 102 g/mol. The van der Waals surface area contributed by atoms with Gasteiger partial charge < -0.3 is 15.1 Å². The van der Waals surface area contributed by atoms with E-state index in [1.165, 1.54) is 0 Å². The molecule has 0 radical (unpaired) electrons. The summed E-state index contributed by atoms with van der Waals surface area (Å²) in [5.74, 6) is 0. The molecule has 32 valence electrons. The fourth-order valence-electron chi connectivity index (χ4n) is 0. The van der Waals surface area contributed by atoms with Gasteiger partial charge in [-0.2, -0.15) is 0 Å². The van der Waals surface area contributed by atoms with Crippen LogP contribution in [0.15, 0.2) is 0 Å². The van der Waals surface area contributed by atoms with E-state index in [0.29, 0.717) is 0 Å². The molecule has 5 heteroatoms. The van der Waals surface area contributed by atoms with Gasteiger partial charge in [0, 0.05) is 37.7 Å². The quantitative estimate of drug-likeness (QED) is 0.308. The Bertz CT molecular complexity index is 11.6. The molecule has 3 nitrogen and oxygen atoms in total. The molecule has 0 aromatic carbocycles. The second-order valence-electron chi connectivity index (χ2n) is 0.346. The smallest absolute Gasteiger partial charge is 0.402 e. The monoisotopic (exact) mass is 102 g/mol. The van der Waals surface area contributed by atoms with E-state index in [1.807, 2.05) is 0 Å². The minimum atomic E-state index is -2.17. The number of hydrogen-bond donors (Lipinski definition) is 3. The molecule has 0 atom stereocenters. The van der Waals surface area contributed by atoms with Gasteiger partial charge in [0.15, 0.2) is 0 Å². The molecule has 0 spiro atoms. The van der Waals surface area contributed by atoms with Crippen molar-refractivity contribution in [1.29, 1.82) is 0 Å². The summed E-state index contributed by atoms with van der Waals surface area (Å²) in [5.41, 5.74) is 0. The largest absolute Gasteiger partial charge is 0.631 e. The zero-order chi connectivity index (χ0) is 3.58. The Balaban J connectivity index is 0. The van der Waals surface area contributed by atoms with E-state index in [-0.39, 0.29) is 37.7 Å². The summed E-state index contributed by atoms with van der Waals surface area (Å²) in [6.07, 6.45) is 0. The Morgan fingerprint density at radius 1 is 1.00 bits per heavy atom. The predicted molar refractivity (Wildman–Crippen MR) is 12.4 cm³/mol. The maximum absolute atomic E-state index is 7.17. The van der Waals surface area contributed by atoms with Crippen molar-refractivity contribution in [2.24, 2.45) is 0 Å². The summed E-state index contributed by atoms with van der Waals surface area (Å²) >= 11 is 0. The van der Waals surface area contributed by atoms with Crippen LogP contribution < -0.4 is 0 Å². The van der Waals surface area contributed by atoms with Crippen LogP contribution in [0.3, 0.4) is 0 Å². The average Bonchev–Trinajstić information content (AvgIpc) is 0.811. The zero-order valence-electron chi connectivity index (χ0n) is 2.27. The van der Waals surface area contributed by atoms with Gasteiger partial charge in [0.2, 0.25) is 0 Å². The molecular weight excluding hydrogens is 98.8 g/mol. The van der Waals surface area contributed by atoms with E-state index < -0.39 is 7.32 Å². The fourth-order valence-corrected chi connectivity index (χ4v) is 0. The second kappa shape index (κ2) is 5.20. The van der Waals surface area contributed by atoms with Crippen LogP contribution in [-0.4, -0.2) is 22.4 Å². The van der Waals surface area contributed by atoms with Crippen molar-refractivity contribution in [3.63, 3.8) is 0 Å². The molecule has 0 heterocycles. The summed E-state index contributed by atoms with van der Waals surface area (Å²) in [5, 5.41) is 21.5. The van der Waals surface area contributed by atoms with E-state index >= 15 is 0 Å². The zero-order valence-corrected chi connectivity index (χ0v) is 2.98. The first-order valence-corrected chi connectivity index (χ1v) is 0.775. The molecule has 5 heavy (non-hydrogen) atoms. The van der Waals surface area contributed by atoms with Crippen LogP contribution in [0.25, 0.3) is 0 Å². The SMILES string of the molecule is OB(O)O.[Ar]. The van der Waals surface area contributed by atoms with Gasteiger partial charge in [-0.05, 0) is 0 Å². The van der Waals surface area contributed by atoms with E-state index in [1.54, 1.807) is 0 Å². The molecular formula is H3ArBO3. The summed E-state index contributed by atoms with van der Waals surface area (Å²) < 4.78 is 0. The molecule has 3 N–H and O–H groups in total. The first kappa shape index (κ1) is 9.51. The summed E-state index contributed by atoms with van der Waals surface area (Å²) in [7, 11) is -2.17. The van der Waals surface area contributed by atoms with Crippen LogP contribution in [0, 0.1) is 37.7 Å². The van der Waals surface area contributed by atoms with Crippen molar-refractivity contribution in [2.45, 2.75) is 0 Å². The molecule has 0 unspecified atom stereocenters. The van der Waals surface area contributed by atoms with Crippen LogP contribution in [0.1, 0.15) is 0 Å². The molecule has 0 aromatic heterocycles. The van der Waals surface area contributed by atoms with Crippen molar-refractivity contribution in [3.05, 3.63) is 0 Å². The van der Waals surface area contributed by atoms with Crippen LogP contribution in [0.4, 0.5) is 0 Å². The third-order valence-electron chi connectivity index (χ3n) is 0. The maximum Gasteiger partial charge on any atom is 0.631 e. The molecule has 0 aliphatic heterocycles. The standard InChI is InChI=1S/Ar.BH3O3/c;2-1(3)4/h;2-4H. The van der Waals surface area contributed by atoms with Gasteiger partial charge in [-0.3, -0.25) is 0 Å². The van der Waals surface area contributed by atoms with Crippen LogP contribution in [-0.2, 0) is 0 Å². The Morgan fingerprint density at radius 3 is 1.00 bits per heavy atom. The Kier molecular flexibility index (Phi) is 9.90. The molecule has 0 bridgehead atoms. The van der Waals surface area contributed by atoms with E-state index in [2.05, 4.69) is 0 Å². The van der Waals surface area contributed by atoms with Crippen LogP contribution in [0.5, 0.6) is 0 Å². The van der Waals surface area contributed by atoms with Crippen LogP contribution in [0.2, 0.25) is 0 Å². The number of rotatable bonds is 0. The summed E-state index contributed by atoms with van der Waals surface area (Å²) in [6.45, 7) is 0. The molecule has 0 saturated carbocycles. The van der Waals surface area contributed by atoms with E-state index in [0.717, 1.165) is 0 Å². The Morgan fingerprint density at radius 2 is 1.00 bits per heavy atom. The molecule has 0 aliphatic rings. The minimum Gasteiger partial charge on any atom is -0.402 e. The first-order valence-electron chi connectivity index (χ1n) is 0.775. The molecule has 0 saturated heterocycles. The topological polar surface area (TPSA) is 60.7 Å². The number of hydrogen-bond acceptors (Lipinski definition) is 3. The second-order valence-corrected chi connectivity index (χ2v) is 0.346. The third kappa shape index (κ3) is 36.8. The van der Waals surface area contributed by atoms with Gasteiger partial charge in [-0.25, -0.2) is 0 Å². The van der Waals surface area contributed by atoms with Crippen molar-refractivity contribution < 1.29 is 52.8 Å². The molecule has 0 amide bonds. The summed E-state index contributed by atoms with van der Waals surface area (Å²) in [4.78, 5) is 0. The first-order chi connectivity index (χ1) is 1.73. The van der Waals surface area contributed by atoms with Gasteiger partial charge in [-0.15, -0.1) is 0 Å². The van der Waals surface area contributed by atoms with Crippen LogP contribution >= 0.6 is 0 Å². The van der Waals surface area contributed by atoms with Crippen molar-refractivity contribution in [3.8, 4) is 0 Å². The summed E-state index contributed by atoms with van der Waals surface area (Å²) in [6, 6.07) is 0. The minimum absolute atomic E-state index is 0. The van der Waals surface area contributed by atoms with Gasteiger partial charge >= 0.3 is 7.32 Å². The normalized spacial score (nSPS) is 5.40. The Labute approximate surface area is 59.8 Å². The van der Waals surface area contributed by atoms with Crippen molar-refractivity contribution in [1.82, 2.24) is 0 Å². The van der Waals surface area contributed by atoms with Crippen molar-refractivity contribution >= 4 is 7.32 Å². The molecule has 0 aliphatic carbocycles. The maximum atomic E-state index is 7.17. The van der Waals surface area contributed by atoms with Gasteiger partial charge in [0.05, 0.1) is 0 Å².